The van der Waals surface area contributed by atoms with Gasteiger partial charge in [0, 0.05) is 5.56 Å². The van der Waals surface area contributed by atoms with Gasteiger partial charge in [-0.25, -0.2) is 0 Å². The lowest BCUT2D eigenvalue weighted by Crippen LogP contribution is -2.35. The number of esters is 1. The van der Waals surface area contributed by atoms with Gasteiger partial charge in [0.15, 0.2) is 5.78 Å². The smallest absolute Gasteiger partial charge is 0.319 e. The Morgan fingerprint density at radius 2 is 1.70 bits per heavy atom. The second kappa shape index (κ2) is 5.45. The SMILES string of the molecule is CCOC(=O)C(C)(C)C(=O)c1cccc2ccccc12. The summed E-state index contributed by atoms with van der Waals surface area (Å²) in [4.78, 5) is 24.7. The normalized spacial score (nSPS) is 11.3. The third-order valence-corrected chi connectivity index (χ3v) is 3.39. The Morgan fingerprint density at radius 3 is 2.40 bits per heavy atom. The molecule has 2 rings (SSSR count). The maximum atomic E-state index is 12.7. The van der Waals surface area contributed by atoms with Crippen molar-refractivity contribution in [2.24, 2.45) is 5.41 Å². The van der Waals surface area contributed by atoms with E-state index in [1.54, 1.807) is 26.8 Å². The van der Waals surface area contributed by atoms with Gasteiger partial charge >= 0.3 is 5.97 Å². The largest absolute Gasteiger partial charge is 0.465 e. The zero-order valence-electron chi connectivity index (χ0n) is 12.0. The van der Waals surface area contributed by atoms with Crippen LogP contribution in [0.1, 0.15) is 31.1 Å². The van der Waals surface area contributed by atoms with E-state index in [1.807, 2.05) is 36.4 Å². The van der Waals surface area contributed by atoms with Gasteiger partial charge in [-0.15, -0.1) is 0 Å². The molecule has 0 heterocycles. The van der Waals surface area contributed by atoms with Crippen molar-refractivity contribution in [2.45, 2.75) is 20.8 Å². The van der Waals surface area contributed by atoms with Crippen LogP contribution >= 0.6 is 0 Å². The van der Waals surface area contributed by atoms with Gasteiger partial charge in [-0.2, -0.15) is 0 Å². The van der Waals surface area contributed by atoms with Gasteiger partial charge in [0.2, 0.25) is 0 Å². The van der Waals surface area contributed by atoms with E-state index in [-0.39, 0.29) is 12.4 Å². The molecule has 0 aliphatic carbocycles. The molecule has 0 bridgehead atoms. The predicted molar refractivity (Wildman–Crippen MR) is 78.7 cm³/mol. The minimum atomic E-state index is -1.18. The summed E-state index contributed by atoms with van der Waals surface area (Å²) >= 11 is 0. The van der Waals surface area contributed by atoms with Crippen molar-refractivity contribution in [3.63, 3.8) is 0 Å². The number of rotatable bonds is 4. The zero-order chi connectivity index (χ0) is 14.8. The first-order valence-corrected chi connectivity index (χ1v) is 6.68. The van der Waals surface area contributed by atoms with Gasteiger partial charge in [-0.1, -0.05) is 42.5 Å². The number of Topliss-reactive ketones (excluding diaryl/α,β-unsaturated/α-hetero) is 1. The van der Waals surface area contributed by atoms with Crippen LogP contribution in [-0.2, 0) is 9.53 Å². The molecule has 104 valence electrons. The summed E-state index contributed by atoms with van der Waals surface area (Å²) in [7, 11) is 0. The Balaban J connectivity index is 2.48. The molecule has 0 saturated heterocycles. The Labute approximate surface area is 118 Å². The maximum absolute atomic E-state index is 12.7. The fourth-order valence-electron chi connectivity index (χ4n) is 2.16. The van der Waals surface area contributed by atoms with E-state index in [1.165, 1.54) is 0 Å². The van der Waals surface area contributed by atoms with Crippen LogP contribution in [0.15, 0.2) is 42.5 Å². The number of benzene rings is 2. The molecule has 0 atom stereocenters. The van der Waals surface area contributed by atoms with Crippen LogP contribution in [0.2, 0.25) is 0 Å². The third-order valence-electron chi connectivity index (χ3n) is 3.39. The first kappa shape index (κ1) is 14.3. The summed E-state index contributed by atoms with van der Waals surface area (Å²) < 4.78 is 5.00. The highest BCUT2D eigenvalue weighted by Gasteiger charge is 2.38. The lowest BCUT2D eigenvalue weighted by molar-refractivity contribution is -0.150. The molecule has 0 aliphatic rings. The van der Waals surface area contributed by atoms with Crippen LogP contribution in [0.3, 0.4) is 0 Å². The number of hydrogen-bond donors (Lipinski definition) is 0. The average Bonchev–Trinajstić information content (AvgIpc) is 2.46. The van der Waals surface area contributed by atoms with Gasteiger partial charge in [-0.3, -0.25) is 9.59 Å². The van der Waals surface area contributed by atoms with Gasteiger partial charge < -0.3 is 4.74 Å². The van der Waals surface area contributed by atoms with E-state index in [9.17, 15) is 9.59 Å². The molecule has 0 amide bonds. The van der Waals surface area contributed by atoms with Gasteiger partial charge in [0.05, 0.1) is 6.61 Å². The summed E-state index contributed by atoms with van der Waals surface area (Å²) in [6.07, 6.45) is 0. The van der Waals surface area contributed by atoms with E-state index < -0.39 is 11.4 Å². The molecule has 2 aromatic rings. The van der Waals surface area contributed by atoms with E-state index in [0.29, 0.717) is 5.56 Å². The van der Waals surface area contributed by atoms with Gasteiger partial charge in [-0.05, 0) is 31.5 Å². The average molecular weight is 270 g/mol. The van der Waals surface area contributed by atoms with Crippen LogP contribution in [0.5, 0.6) is 0 Å². The second-order valence-electron chi connectivity index (χ2n) is 5.20. The van der Waals surface area contributed by atoms with Crippen molar-refractivity contribution in [3.8, 4) is 0 Å². The Bertz CT molecular complexity index is 651. The molecule has 3 heteroatoms. The standard InChI is InChI=1S/C17H18O3/c1-4-20-16(19)17(2,3)15(18)14-11-7-9-12-8-5-6-10-13(12)14/h5-11H,4H2,1-3H3. The van der Waals surface area contributed by atoms with Crippen LogP contribution in [-0.4, -0.2) is 18.4 Å². The first-order valence-electron chi connectivity index (χ1n) is 6.68. The Morgan fingerprint density at radius 1 is 1.05 bits per heavy atom. The maximum Gasteiger partial charge on any atom is 0.319 e. The Hall–Kier alpha value is -2.16. The molecule has 3 nitrogen and oxygen atoms in total. The molecule has 2 aromatic carbocycles. The van der Waals surface area contributed by atoms with E-state index in [0.717, 1.165) is 10.8 Å². The van der Waals surface area contributed by atoms with Crippen LogP contribution in [0, 0.1) is 5.41 Å². The van der Waals surface area contributed by atoms with Crippen molar-refractivity contribution in [3.05, 3.63) is 48.0 Å². The highest BCUT2D eigenvalue weighted by atomic mass is 16.5. The zero-order valence-corrected chi connectivity index (χ0v) is 12.0. The molecule has 0 aromatic heterocycles. The quantitative estimate of drug-likeness (QED) is 0.484. The minimum Gasteiger partial charge on any atom is -0.465 e. The molecule has 0 fully saturated rings. The van der Waals surface area contributed by atoms with E-state index >= 15 is 0 Å². The summed E-state index contributed by atoms with van der Waals surface area (Å²) in [6, 6.07) is 13.2. The molecule has 0 unspecified atom stereocenters. The van der Waals surface area contributed by atoms with Crippen molar-refractivity contribution in [1.29, 1.82) is 0 Å². The highest BCUT2D eigenvalue weighted by molar-refractivity contribution is 6.17. The number of carbonyl (C=O) groups excluding carboxylic acids is 2. The lowest BCUT2D eigenvalue weighted by atomic mass is 9.82. The molecule has 0 aliphatic heterocycles. The summed E-state index contributed by atoms with van der Waals surface area (Å²) in [6.45, 7) is 5.21. The molecular weight excluding hydrogens is 252 g/mol. The monoisotopic (exact) mass is 270 g/mol. The molecule has 0 saturated carbocycles. The minimum absolute atomic E-state index is 0.215. The fraction of sp³-hybridized carbons (Fsp3) is 0.294. The summed E-state index contributed by atoms with van der Waals surface area (Å²) in [5, 5.41) is 1.84. The van der Waals surface area contributed by atoms with Crippen molar-refractivity contribution in [1.82, 2.24) is 0 Å². The molecule has 0 spiro atoms. The van der Waals surface area contributed by atoms with Gasteiger partial charge in [0.1, 0.15) is 5.41 Å². The molecule has 0 N–H and O–H groups in total. The molecule has 0 radical (unpaired) electrons. The number of fused-ring (bicyclic) bond motifs is 1. The fourth-order valence-corrected chi connectivity index (χ4v) is 2.16. The number of ether oxygens (including phenoxy) is 1. The van der Waals surface area contributed by atoms with Crippen molar-refractivity contribution in [2.75, 3.05) is 6.61 Å². The van der Waals surface area contributed by atoms with Crippen molar-refractivity contribution >= 4 is 22.5 Å². The third kappa shape index (κ3) is 2.44. The number of carbonyl (C=O) groups is 2. The van der Waals surface area contributed by atoms with E-state index in [4.69, 9.17) is 4.74 Å². The molecule has 20 heavy (non-hydrogen) atoms. The Kier molecular flexibility index (Phi) is 3.89. The summed E-state index contributed by atoms with van der Waals surface area (Å²) in [5.41, 5.74) is -0.624. The highest BCUT2D eigenvalue weighted by Crippen LogP contribution is 2.28. The van der Waals surface area contributed by atoms with E-state index in [2.05, 4.69) is 0 Å². The van der Waals surface area contributed by atoms with Crippen LogP contribution in [0.25, 0.3) is 10.8 Å². The summed E-state index contributed by atoms with van der Waals surface area (Å²) in [5.74, 6) is -0.703. The first-order chi connectivity index (χ1) is 9.48. The van der Waals surface area contributed by atoms with Crippen LogP contribution < -0.4 is 0 Å². The lowest BCUT2D eigenvalue weighted by Gasteiger charge is -2.21. The van der Waals surface area contributed by atoms with Gasteiger partial charge in [0.25, 0.3) is 0 Å². The topological polar surface area (TPSA) is 43.4 Å². The molecular formula is C17H18O3. The van der Waals surface area contributed by atoms with Crippen molar-refractivity contribution < 1.29 is 14.3 Å². The second-order valence-corrected chi connectivity index (χ2v) is 5.20. The predicted octanol–water partition coefficient (Wildman–Crippen LogP) is 3.61. The number of ketones is 1. The van der Waals surface area contributed by atoms with Crippen LogP contribution in [0.4, 0.5) is 0 Å². The number of hydrogen-bond acceptors (Lipinski definition) is 3.